The van der Waals surface area contributed by atoms with Crippen molar-refractivity contribution in [3.63, 3.8) is 0 Å². The molecule has 0 radical (unpaired) electrons. The Labute approximate surface area is 154 Å². The number of benzene rings is 1. The molecule has 1 saturated carbocycles. The maximum atomic E-state index is 13.0. The number of carbonyl (C=O) groups excluding carboxylic acids is 2. The average molecular weight is 383 g/mol. The second kappa shape index (κ2) is 7.75. The van der Waals surface area contributed by atoms with Gasteiger partial charge in [-0.1, -0.05) is 12.8 Å². The van der Waals surface area contributed by atoms with E-state index >= 15 is 0 Å². The third-order valence-corrected chi connectivity index (χ3v) is 6.72. The van der Waals surface area contributed by atoms with Crippen LogP contribution in [0.1, 0.15) is 48.5 Å². The van der Waals surface area contributed by atoms with Gasteiger partial charge in [-0.2, -0.15) is 0 Å². The number of hydrogen-bond acceptors (Lipinski definition) is 6. The molecule has 1 aromatic rings. The first-order valence-corrected chi connectivity index (χ1v) is 9.93. The van der Waals surface area contributed by atoms with E-state index < -0.39 is 33.4 Å². The van der Waals surface area contributed by atoms with E-state index in [2.05, 4.69) is 9.46 Å². The minimum atomic E-state index is -3.88. The highest BCUT2D eigenvalue weighted by atomic mass is 32.2. The van der Waals surface area contributed by atoms with E-state index in [9.17, 15) is 18.0 Å². The fourth-order valence-corrected chi connectivity index (χ4v) is 5.23. The van der Waals surface area contributed by atoms with Gasteiger partial charge in [0.15, 0.2) is 0 Å². The predicted octanol–water partition coefficient (Wildman–Crippen LogP) is 2.18. The molecule has 0 heterocycles. The molecule has 0 bridgehead atoms. The van der Waals surface area contributed by atoms with Crippen LogP contribution in [-0.2, 0) is 24.3 Å². The van der Waals surface area contributed by atoms with Gasteiger partial charge in [-0.3, -0.25) is 4.79 Å². The molecule has 2 atom stereocenters. The van der Waals surface area contributed by atoms with Crippen molar-refractivity contribution in [2.75, 3.05) is 14.2 Å². The molecule has 0 amide bonds. The standard InChI is InChI=1S/C18H25NO6S/c1-12-11-13(16(20)24-3)8-9-15(12)26(22,23)19-18(2)10-6-5-7-14(18)17(21)25-4/h8-9,11,14,19H,5-7,10H2,1-4H3/t14-,18+/m1/s1. The van der Waals surface area contributed by atoms with Gasteiger partial charge in [0.25, 0.3) is 0 Å². The molecular formula is C18H25NO6S. The normalized spacial score (nSPS) is 23.3. The zero-order chi connectivity index (χ0) is 19.5. The van der Waals surface area contributed by atoms with E-state index in [4.69, 9.17) is 4.74 Å². The molecule has 8 heteroatoms. The summed E-state index contributed by atoms with van der Waals surface area (Å²) >= 11 is 0. The van der Waals surface area contributed by atoms with E-state index in [0.29, 0.717) is 18.4 Å². The van der Waals surface area contributed by atoms with Gasteiger partial charge in [-0.25, -0.2) is 17.9 Å². The Morgan fingerprint density at radius 2 is 1.88 bits per heavy atom. The highest BCUT2D eigenvalue weighted by Gasteiger charge is 2.44. The van der Waals surface area contributed by atoms with E-state index in [-0.39, 0.29) is 10.5 Å². The zero-order valence-corrected chi connectivity index (χ0v) is 16.3. The largest absolute Gasteiger partial charge is 0.469 e. The van der Waals surface area contributed by atoms with Crippen LogP contribution in [0.2, 0.25) is 0 Å². The van der Waals surface area contributed by atoms with Crippen LogP contribution >= 0.6 is 0 Å². The minimum Gasteiger partial charge on any atom is -0.469 e. The third kappa shape index (κ3) is 4.07. The molecule has 0 saturated heterocycles. The molecule has 1 aromatic carbocycles. The maximum absolute atomic E-state index is 13.0. The summed E-state index contributed by atoms with van der Waals surface area (Å²) in [6.07, 6.45) is 2.80. The van der Waals surface area contributed by atoms with Gasteiger partial charge in [0.05, 0.1) is 30.6 Å². The summed E-state index contributed by atoms with van der Waals surface area (Å²) in [5.41, 5.74) is -0.216. The first-order chi connectivity index (χ1) is 12.1. The molecule has 0 aliphatic heterocycles. The van der Waals surface area contributed by atoms with Gasteiger partial charge >= 0.3 is 11.9 Å². The molecule has 2 rings (SSSR count). The summed E-state index contributed by atoms with van der Waals surface area (Å²) in [5.74, 6) is -1.48. The Morgan fingerprint density at radius 3 is 2.46 bits per heavy atom. The van der Waals surface area contributed by atoms with Gasteiger partial charge in [0.2, 0.25) is 10.0 Å². The molecule has 1 aliphatic rings. The lowest BCUT2D eigenvalue weighted by Gasteiger charge is -2.40. The third-order valence-electron chi connectivity index (χ3n) is 4.95. The van der Waals surface area contributed by atoms with Crippen molar-refractivity contribution in [1.29, 1.82) is 0 Å². The van der Waals surface area contributed by atoms with Crippen LogP contribution in [0, 0.1) is 12.8 Å². The van der Waals surface area contributed by atoms with Crippen molar-refractivity contribution >= 4 is 22.0 Å². The highest BCUT2D eigenvalue weighted by Crippen LogP contribution is 2.36. The van der Waals surface area contributed by atoms with Crippen molar-refractivity contribution in [2.24, 2.45) is 5.92 Å². The first-order valence-electron chi connectivity index (χ1n) is 8.45. The van der Waals surface area contributed by atoms with Crippen LogP contribution < -0.4 is 4.72 Å². The number of sulfonamides is 1. The molecule has 1 aliphatic carbocycles. The van der Waals surface area contributed by atoms with E-state index in [1.807, 2.05) is 0 Å². The topological polar surface area (TPSA) is 98.8 Å². The summed E-state index contributed by atoms with van der Waals surface area (Å²) in [6, 6.07) is 4.26. The van der Waals surface area contributed by atoms with Crippen molar-refractivity contribution in [3.05, 3.63) is 29.3 Å². The summed E-state index contributed by atoms with van der Waals surface area (Å²) in [6.45, 7) is 3.35. The summed E-state index contributed by atoms with van der Waals surface area (Å²) < 4.78 is 38.1. The van der Waals surface area contributed by atoms with Gasteiger partial charge < -0.3 is 9.47 Å². The van der Waals surface area contributed by atoms with Gasteiger partial charge in [0.1, 0.15) is 0 Å². The number of methoxy groups -OCH3 is 2. The van der Waals surface area contributed by atoms with Crippen molar-refractivity contribution in [2.45, 2.75) is 50.0 Å². The number of esters is 2. The number of nitrogens with one attached hydrogen (secondary N) is 1. The Kier molecular flexibility index (Phi) is 6.08. The van der Waals surface area contributed by atoms with Crippen molar-refractivity contribution < 1.29 is 27.5 Å². The molecular weight excluding hydrogens is 358 g/mol. The zero-order valence-electron chi connectivity index (χ0n) is 15.5. The van der Waals surface area contributed by atoms with E-state index in [1.54, 1.807) is 13.8 Å². The van der Waals surface area contributed by atoms with Crippen molar-refractivity contribution in [3.8, 4) is 0 Å². The minimum absolute atomic E-state index is 0.0700. The molecule has 1 N–H and O–H groups in total. The number of aryl methyl sites for hydroxylation is 1. The first kappa shape index (κ1) is 20.4. The second-order valence-corrected chi connectivity index (χ2v) is 8.47. The Hall–Kier alpha value is -1.93. The number of rotatable bonds is 5. The van der Waals surface area contributed by atoms with Crippen LogP contribution in [0.5, 0.6) is 0 Å². The lowest BCUT2D eigenvalue weighted by atomic mass is 9.74. The number of hydrogen-bond donors (Lipinski definition) is 1. The smallest absolute Gasteiger partial charge is 0.337 e. The number of ether oxygens (including phenoxy) is 2. The van der Waals surface area contributed by atoms with Crippen LogP contribution in [-0.4, -0.2) is 40.1 Å². The SMILES string of the molecule is COC(=O)c1ccc(S(=O)(=O)N[C@@]2(C)CCCC[C@@H]2C(=O)OC)c(C)c1. The van der Waals surface area contributed by atoms with Gasteiger partial charge in [-0.15, -0.1) is 0 Å². The Bertz CT molecular complexity index is 804. The molecule has 1 fully saturated rings. The summed E-state index contributed by atoms with van der Waals surface area (Å²) in [4.78, 5) is 23.8. The summed E-state index contributed by atoms with van der Waals surface area (Å²) in [5, 5.41) is 0. The Morgan fingerprint density at radius 1 is 1.19 bits per heavy atom. The number of carbonyl (C=O) groups is 2. The van der Waals surface area contributed by atoms with Gasteiger partial charge in [-0.05, 0) is 50.5 Å². The fourth-order valence-electron chi connectivity index (χ4n) is 3.53. The van der Waals surface area contributed by atoms with E-state index in [0.717, 1.165) is 12.8 Å². The molecule has 26 heavy (non-hydrogen) atoms. The monoisotopic (exact) mass is 383 g/mol. The Balaban J connectivity index is 2.35. The van der Waals surface area contributed by atoms with Crippen molar-refractivity contribution in [1.82, 2.24) is 4.72 Å². The highest BCUT2D eigenvalue weighted by molar-refractivity contribution is 7.89. The van der Waals surface area contributed by atoms with Crippen LogP contribution in [0.15, 0.2) is 23.1 Å². The molecule has 7 nitrogen and oxygen atoms in total. The van der Waals surface area contributed by atoms with E-state index in [1.165, 1.54) is 32.4 Å². The predicted molar refractivity (Wildman–Crippen MR) is 95.2 cm³/mol. The van der Waals surface area contributed by atoms with Crippen LogP contribution in [0.3, 0.4) is 0 Å². The quantitative estimate of drug-likeness (QED) is 0.783. The van der Waals surface area contributed by atoms with Crippen LogP contribution in [0.25, 0.3) is 0 Å². The van der Waals surface area contributed by atoms with Crippen LogP contribution in [0.4, 0.5) is 0 Å². The van der Waals surface area contributed by atoms with Gasteiger partial charge in [0, 0.05) is 5.54 Å². The lowest BCUT2D eigenvalue weighted by Crippen LogP contribution is -2.55. The fraction of sp³-hybridized carbons (Fsp3) is 0.556. The molecule has 144 valence electrons. The summed E-state index contributed by atoms with van der Waals surface area (Å²) in [7, 11) is -1.31. The molecule has 0 unspecified atom stereocenters. The molecule has 0 aromatic heterocycles. The molecule has 0 spiro atoms. The maximum Gasteiger partial charge on any atom is 0.337 e. The lowest BCUT2D eigenvalue weighted by molar-refractivity contribution is -0.149. The second-order valence-electron chi connectivity index (χ2n) is 6.82. The average Bonchev–Trinajstić information content (AvgIpc) is 2.59.